The Balaban J connectivity index is 0.00000139. The molecule has 0 radical (unpaired) electrons. The summed E-state index contributed by atoms with van der Waals surface area (Å²) in [7, 11) is 0. The van der Waals surface area contributed by atoms with Crippen molar-refractivity contribution in [1.82, 2.24) is 15.5 Å². The van der Waals surface area contributed by atoms with Crippen LogP contribution < -0.4 is 10.6 Å². The molecule has 7 nitrogen and oxygen atoms in total. The molecule has 7 rings (SSSR count). The number of aromatic carboxylic acids is 1. The normalized spacial score (nSPS) is 39.2. The number of hydrogen-bond acceptors (Lipinski definition) is 4. The van der Waals surface area contributed by atoms with Gasteiger partial charge in [0.25, 0.3) is 0 Å². The first-order valence-electron chi connectivity index (χ1n) is 19.9. The summed E-state index contributed by atoms with van der Waals surface area (Å²) in [5.74, 6) is 2.18. The smallest absolute Gasteiger partial charge is 0.335 e. The van der Waals surface area contributed by atoms with E-state index in [-0.39, 0.29) is 17.0 Å². The minimum atomic E-state index is -0.864. The van der Waals surface area contributed by atoms with Gasteiger partial charge in [-0.3, -0.25) is 4.90 Å². The monoisotopic (exact) mass is 687 g/mol. The van der Waals surface area contributed by atoms with Crippen molar-refractivity contribution in [2.24, 2.45) is 45.8 Å². The lowest BCUT2D eigenvalue weighted by Gasteiger charge is -2.71. The van der Waals surface area contributed by atoms with Crippen LogP contribution in [0.4, 0.5) is 4.79 Å². The van der Waals surface area contributed by atoms with Crippen LogP contribution in [-0.4, -0.2) is 66.9 Å². The molecule has 1 saturated heterocycles. The molecule has 8 unspecified atom stereocenters. The third kappa shape index (κ3) is 6.48. The van der Waals surface area contributed by atoms with E-state index in [2.05, 4.69) is 55.9 Å². The lowest BCUT2D eigenvalue weighted by molar-refractivity contribution is -0.210. The van der Waals surface area contributed by atoms with Gasteiger partial charge >= 0.3 is 12.0 Å². The van der Waals surface area contributed by atoms with E-state index in [0.717, 1.165) is 65.1 Å². The van der Waals surface area contributed by atoms with Crippen LogP contribution in [0.25, 0.3) is 5.57 Å². The molecule has 5 fully saturated rings. The first-order valence-corrected chi connectivity index (χ1v) is 19.9. The van der Waals surface area contributed by atoms with Crippen LogP contribution in [0.5, 0.6) is 0 Å². The number of allylic oxidation sites excluding steroid dienone is 3. The Morgan fingerprint density at radius 1 is 0.960 bits per heavy atom. The van der Waals surface area contributed by atoms with E-state index < -0.39 is 5.97 Å². The number of rotatable bonds is 7. The second kappa shape index (κ2) is 14.8. The van der Waals surface area contributed by atoms with Gasteiger partial charge in [-0.25, -0.2) is 9.59 Å². The Morgan fingerprint density at radius 3 is 2.38 bits per heavy atom. The molecule has 7 heteroatoms. The summed E-state index contributed by atoms with van der Waals surface area (Å²) >= 11 is 0. The summed E-state index contributed by atoms with van der Waals surface area (Å²) in [6.45, 7) is 21.0. The number of fused-ring (bicyclic) bond motifs is 7. The van der Waals surface area contributed by atoms with Gasteiger partial charge in [-0.1, -0.05) is 58.4 Å². The number of hydrogen-bond donors (Lipinski definition) is 3. The summed E-state index contributed by atoms with van der Waals surface area (Å²) in [6, 6.07) is 7.60. The number of ether oxygens (including phenoxy) is 1. The average molecular weight is 688 g/mol. The summed E-state index contributed by atoms with van der Waals surface area (Å²) in [5.41, 5.74) is 3.77. The van der Waals surface area contributed by atoms with Crippen LogP contribution in [0, 0.1) is 45.8 Å². The molecule has 50 heavy (non-hydrogen) atoms. The lowest BCUT2D eigenvalue weighted by atomic mass is 9.34. The standard InChI is InChI=1S/C40H59N3O4.C3H6/c1-27-30(28-8-10-29(11-9-28)35(44)45)14-17-37(2)31(27)15-18-39(4)34(37)13-12-32-33-7-5-16-40(33,20-19-38(32,39)3)42-36(46)41-21-6-22-43-23-25-47-26-24-43;1-3-2/h8-11,14,27,31-34H,5-7,12-13,15-26H2,1-4H3,(H,44,45)(H2,41,42,46);3H,1H2,2H3/t27?,31?,32?,33?,34?,37?,38-,39?,40?;/m1./s1. The molecule has 9 atom stereocenters. The van der Waals surface area contributed by atoms with Crippen LogP contribution in [-0.2, 0) is 4.74 Å². The van der Waals surface area contributed by atoms with Crippen LogP contribution in [0.2, 0.25) is 0 Å². The molecular formula is C43H65N3O4. The van der Waals surface area contributed by atoms with Crippen LogP contribution in [0.15, 0.2) is 43.0 Å². The van der Waals surface area contributed by atoms with Gasteiger partial charge in [0.1, 0.15) is 0 Å². The fraction of sp³-hybridized carbons (Fsp3) is 0.721. The minimum Gasteiger partial charge on any atom is -0.478 e. The molecule has 1 heterocycles. The predicted molar refractivity (Wildman–Crippen MR) is 202 cm³/mol. The third-order valence-electron chi connectivity index (χ3n) is 15.4. The largest absolute Gasteiger partial charge is 0.478 e. The van der Waals surface area contributed by atoms with Crippen molar-refractivity contribution >= 4 is 17.6 Å². The van der Waals surface area contributed by atoms with Crippen molar-refractivity contribution in [2.75, 3.05) is 39.4 Å². The van der Waals surface area contributed by atoms with Gasteiger partial charge in [0.15, 0.2) is 0 Å². The van der Waals surface area contributed by atoms with Gasteiger partial charge in [0.05, 0.1) is 18.8 Å². The maximum absolute atomic E-state index is 13.3. The van der Waals surface area contributed by atoms with Gasteiger partial charge in [0, 0.05) is 25.2 Å². The fourth-order valence-electron chi connectivity index (χ4n) is 12.8. The van der Waals surface area contributed by atoms with E-state index in [9.17, 15) is 14.7 Å². The topological polar surface area (TPSA) is 90.9 Å². The molecule has 0 aromatic heterocycles. The van der Waals surface area contributed by atoms with E-state index in [1.165, 1.54) is 56.1 Å². The highest BCUT2D eigenvalue weighted by molar-refractivity contribution is 5.88. The number of carboxylic acids is 1. The summed E-state index contributed by atoms with van der Waals surface area (Å²) in [6.07, 6.45) is 17.4. The highest BCUT2D eigenvalue weighted by atomic mass is 16.5. The van der Waals surface area contributed by atoms with E-state index >= 15 is 0 Å². The zero-order chi connectivity index (χ0) is 35.7. The van der Waals surface area contributed by atoms with E-state index in [1.54, 1.807) is 18.2 Å². The number of carboxylic acid groups (broad SMARTS) is 1. The van der Waals surface area contributed by atoms with Crippen molar-refractivity contribution in [3.63, 3.8) is 0 Å². The van der Waals surface area contributed by atoms with Gasteiger partial charge in [0.2, 0.25) is 0 Å². The van der Waals surface area contributed by atoms with E-state index in [1.807, 2.05) is 19.1 Å². The highest BCUT2D eigenvalue weighted by Gasteiger charge is 2.68. The maximum Gasteiger partial charge on any atom is 0.335 e. The highest BCUT2D eigenvalue weighted by Crippen LogP contribution is 2.75. The Labute approximate surface area is 302 Å². The summed E-state index contributed by atoms with van der Waals surface area (Å²) in [5, 5.41) is 16.3. The van der Waals surface area contributed by atoms with Crippen LogP contribution in [0.3, 0.4) is 0 Å². The van der Waals surface area contributed by atoms with Crippen molar-refractivity contribution in [1.29, 1.82) is 0 Å². The van der Waals surface area contributed by atoms with Crippen LogP contribution >= 0.6 is 0 Å². The lowest BCUT2D eigenvalue weighted by Crippen LogP contribution is -2.67. The van der Waals surface area contributed by atoms with Crippen molar-refractivity contribution in [3.8, 4) is 0 Å². The van der Waals surface area contributed by atoms with E-state index in [0.29, 0.717) is 46.0 Å². The molecule has 2 amide bonds. The Kier molecular flexibility index (Phi) is 11.0. The maximum atomic E-state index is 13.3. The summed E-state index contributed by atoms with van der Waals surface area (Å²) < 4.78 is 5.47. The molecule has 3 N–H and O–H groups in total. The van der Waals surface area contributed by atoms with Gasteiger partial charge in [-0.05, 0) is 147 Å². The minimum absolute atomic E-state index is 0.0457. The number of carbonyl (C=O) groups excluding carboxylic acids is 1. The SMILES string of the molecule is C=CC.CC1C(c2ccc(C(=O)O)cc2)=CCC2(C)C1CCC1(C)C2CCC2C3CCCC3(NC(=O)NCCCN3CCOCC3)CC[C@]21C. The number of urea groups is 1. The fourth-order valence-corrected chi connectivity index (χ4v) is 12.8. The van der Waals surface area contributed by atoms with Gasteiger partial charge in [-0.15, -0.1) is 6.58 Å². The average Bonchev–Trinajstić information content (AvgIpc) is 3.51. The van der Waals surface area contributed by atoms with Gasteiger partial charge < -0.3 is 20.5 Å². The number of benzene rings is 1. The number of nitrogens with zero attached hydrogens (tertiary/aromatic N) is 1. The number of morpholine rings is 1. The first-order chi connectivity index (χ1) is 23.9. The van der Waals surface area contributed by atoms with E-state index in [4.69, 9.17) is 4.74 Å². The van der Waals surface area contributed by atoms with Crippen molar-refractivity contribution in [3.05, 3.63) is 54.1 Å². The molecule has 1 aliphatic heterocycles. The van der Waals surface area contributed by atoms with Crippen molar-refractivity contribution in [2.45, 2.75) is 111 Å². The Bertz CT molecular complexity index is 1420. The van der Waals surface area contributed by atoms with Crippen LogP contribution in [0.1, 0.15) is 121 Å². The molecule has 5 aliphatic carbocycles. The molecule has 0 bridgehead atoms. The zero-order valence-corrected chi connectivity index (χ0v) is 31.7. The molecule has 1 aromatic carbocycles. The molecule has 0 spiro atoms. The second-order valence-corrected chi connectivity index (χ2v) is 17.5. The quantitative estimate of drug-likeness (QED) is 0.197. The zero-order valence-electron chi connectivity index (χ0n) is 31.7. The summed E-state index contributed by atoms with van der Waals surface area (Å²) in [4.78, 5) is 27.2. The number of amides is 2. The molecular weight excluding hydrogens is 622 g/mol. The first kappa shape index (κ1) is 37.1. The number of nitrogens with one attached hydrogen (secondary N) is 2. The Morgan fingerprint density at radius 2 is 1.68 bits per heavy atom. The Hall–Kier alpha value is -2.64. The van der Waals surface area contributed by atoms with Crippen molar-refractivity contribution < 1.29 is 19.4 Å². The van der Waals surface area contributed by atoms with Gasteiger partial charge in [-0.2, -0.15) is 0 Å². The third-order valence-corrected chi connectivity index (χ3v) is 15.4. The molecule has 1 aromatic rings. The molecule has 276 valence electrons. The molecule has 4 saturated carbocycles. The second-order valence-electron chi connectivity index (χ2n) is 17.5. The molecule has 6 aliphatic rings. The number of carbonyl (C=O) groups is 2. The predicted octanol–water partition coefficient (Wildman–Crippen LogP) is 8.81.